The van der Waals surface area contributed by atoms with E-state index in [0.717, 1.165) is 11.3 Å². The van der Waals surface area contributed by atoms with Gasteiger partial charge >= 0.3 is 0 Å². The van der Waals surface area contributed by atoms with Gasteiger partial charge in [0.15, 0.2) is 5.15 Å². The standard InChI is InChI=1S/C13H8Cl2N6/c1-7-2-4-8(5-3-7)17-11-9(6-16)12(15)21-13(10(11)14)18-19-20-21/h2-5,17H,1H3. The van der Waals surface area contributed by atoms with Crippen LogP contribution in [0.1, 0.15) is 11.1 Å². The molecule has 3 rings (SSSR count). The fraction of sp³-hybridized carbons (Fsp3) is 0.0769. The molecule has 0 radical (unpaired) electrons. The van der Waals surface area contributed by atoms with E-state index in [9.17, 15) is 5.26 Å². The predicted molar refractivity (Wildman–Crippen MR) is 80.0 cm³/mol. The average Bonchev–Trinajstić information content (AvgIpc) is 2.97. The van der Waals surface area contributed by atoms with Crippen molar-refractivity contribution >= 4 is 40.2 Å². The highest BCUT2D eigenvalue weighted by molar-refractivity contribution is 6.38. The van der Waals surface area contributed by atoms with Gasteiger partial charge in [-0.05, 0) is 29.5 Å². The van der Waals surface area contributed by atoms with Crippen molar-refractivity contribution in [1.82, 2.24) is 20.0 Å². The zero-order valence-corrected chi connectivity index (χ0v) is 12.3. The first kappa shape index (κ1) is 13.6. The van der Waals surface area contributed by atoms with E-state index in [1.807, 2.05) is 37.3 Å². The Hall–Kier alpha value is -2.36. The largest absolute Gasteiger partial charge is 0.353 e. The van der Waals surface area contributed by atoms with Crippen molar-refractivity contribution in [3.8, 4) is 6.07 Å². The minimum atomic E-state index is 0.108. The molecule has 1 N–H and O–H groups in total. The second-order valence-electron chi connectivity index (χ2n) is 4.37. The van der Waals surface area contributed by atoms with Gasteiger partial charge in [-0.15, -0.1) is 5.10 Å². The Balaban J connectivity index is 2.19. The Morgan fingerprint density at radius 3 is 2.62 bits per heavy atom. The summed E-state index contributed by atoms with van der Waals surface area (Å²) in [5, 5.41) is 23.8. The molecule has 0 aliphatic carbocycles. The molecule has 0 aliphatic rings. The van der Waals surface area contributed by atoms with Crippen molar-refractivity contribution in [2.45, 2.75) is 6.92 Å². The van der Waals surface area contributed by atoms with Gasteiger partial charge in [0.05, 0.1) is 5.69 Å². The van der Waals surface area contributed by atoms with Gasteiger partial charge < -0.3 is 5.32 Å². The maximum Gasteiger partial charge on any atom is 0.201 e. The fourth-order valence-corrected chi connectivity index (χ4v) is 2.40. The first-order valence-corrected chi connectivity index (χ1v) is 6.70. The Bertz CT molecular complexity index is 863. The lowest BCUT2D eigenvalue weighted by Gasteiger charge is -2.12. The summed E-state index contributed by atoms with van der Waals surface area (Å²) in [5.41, 5.74) is 2.77. The topological polar surface area (TPSA) is 78.9 Å². The van der Waals surface area contributed by atoms with Gasteiger partial charge in [-0.1, -0.05) is 40.9 Å². The van der Waals surface area contributed by atoms with E-state index >= 15 is 0 Å². The number of halogens is 2. The number of tetrazole rings is 1. The van der Waals surface area contributed by atoms with Crippen LogP contribution in [0.15, 0.2) is 24.3 Å². The lowest BCUT2D eigenvalue weighted by atomic mass is 10.2. The molecule has 0 bridgehead atoms. The number of anilines is 2. The summed E-state index contributed by atoms with van der Waals surface area (Å²) in [6, 6.07) is 9.68. The average molecular weight is 319 g/mol. The zero-order valence-electron chi connectivity index (χ0n) is 10.8. The van der Waals surface area contributed by atoms with Crippen LogP contribution in [0, 0.1) is 18.3 Å². The minimum absolute atomic E-state index is 0.108. The number of nitrogens with one attached hydrogen (secondary N) is 1. The monoisotopic (exact) mass is 318 g/mol. The maximum atomic E-state index is 9.33. The molecule has 6 nitrogen and oxygen atoms in total. The van der Waals surface area contributed by atoms with Crippen LogP contribution >= 0.6 is 23.2 Å². The first-order chi connectivity index (χ1) is 10.1. The molecule has 3 aromatic rings. The number of fused-ring (bicyclic) bond motifs is 1. The van der Waals surface area contributed by atoms with Crippen LogP contribution in [-0.4, -0.2) is 20.0 Å². The van der Waals surface area contributed by atoms with Gasteiger partial charge in [0.2, 0.25) is 5.65 Å². The number of aromatic nitrogens is 4. The van der Waals surface area contributed by atoms with E-state index in [4.69, 9.17) is 23.2 Å². The number of benzene rings is 1. The molecule has 0 unspecified atom stereocenters. The van der Waals surface area contributed by atoms with Gasteiger partial charge in [0, 0.05) is 5.69 Å². The summed E-state index contributed by atoms with van der Waals surface area (Å²) in [6.45, 7) is 1.99. The first-order valence-electron chi connectivity index (χ1n) is 5.94. The molecule has 0 aliphatic heterocycles. The SMILES string of the molecule is Cc1ccc(Nc2c(C#N)c(Cl)n3nnnc3c2Cl)cc1. The van der Waals surface area contributed by atoms with Crippen molar-refractivity contribution in [1.29, 1.82) is 5.26 Å². The molecule has 8 heteroatoms. The van der Waals surface area contributed by atoms with Gasteiger partial charge in [-0.25, -0.2) is 0 Å². The lowest BCUT2D eigenvalue weighted by molar-refractivity contribution is 0.823. The van der Waals surface area contributed by atoms with Gasteiger partial charge in [0.1, 0.15) is 16.7 Å². The third kappa shape index (κ3) is 2.27. The summed E-state index contributed by atoms with van der Waals surface area (Å²) < 4.78 is 1.22. The van der Waals surface area contributed by atoms with Crippen molar-refractivity contribution in [2.24, 2.45) is 0 Å². The third-order valence-electron chi connectivity index (χ3n) is 2.96. The van der Waals surface area contributed by atoms with Crippen molar-refractivity contribution in [2.75, 3.05) is 5.32 Å². The number of pyridine rings is 1. The smallest absolute Gasteiger partial charge is 0.201 e. The number of nitriles is 1. The van der Waals surface area contributed by atoms with E-state index in [1.165, 1.54) is 4.52 Å². The summed E-state index contributed by atoms with van der Waals surface area (Å²) in [6.07, 6.45) is 0. The van der Waals surface area contributed by atoms with Crippen LogP contribution in [0.5, 0.6) is 0 Å². The van der Waals surface area contributed by atoms with Gasteiger partial charge in [-0.3, -0.25) is 0 Å². The van der Waals surface area contributed by atoms with Crippen LogP contribution in [-0.2, 0) is 0 Å². The molecule has 0 spiro atoms. The molecular weight excluding hydrogens is 311 g/mol. The van der Waals surface area contributed by atoms with E-state index in [2.05, 4.69) is 20.8 Å². The third-order valence-corrected chi connectivity index (χ3v) is 3.67. The highest BCUT2D eigenvalue weighted by Crippen LogP contribution is 2.35. The number of nitrogens with zero attached hydrogens (tertiary/aromatic N) is 5. The number of rotatable bonds is 2. The van der Waals surface area contributed by atoms with Crippen LogP contribution in [0.4, 0.5) is 11.4 Å². The van der Waals surface area contributed by atoms with Gasteiger partial charge in [0.25, 0.3) is 0 Å². The summed E-state index contributed by atoms with van der Waals surface area (Å²) in [5.74, 6) is 0. The molecule has 0 amide bonds. The Kier molecular flexibility index (Phi) is 3.37. The van der Waals surface area contributed by atoms with Crippen molar-refractivity contribution in [3.05, 3.63) is 45.6 Å². The van der Waals surface area contributed by atoms with E-state index < -0.39 is 0 Å². The highest BCUT2D eigenvalue weighted by atomic mass is 35.5. The normalized spacial score (nSPS) is 10.6. The predicted octanol–water partition coefficient (Wildman–Crippen LogP) is 3.35. The second-order valence-corrected chi connectivity index (χ2v) is 5.11. The lowest BCUT2D eigenvalue weighted by Crippen LogP contribution is -2.02. The quantitative estimate of drug-likeness (QED) is 0.733. The summed E-state index contributed by atoms with van der Waals surface area (Å²) in [7, 11) is 0. The fourth-order valence-electron chi connectivity index (χ4n) is 1.89. The molecule has 1 aromatic carbocycles. The van der Waals surface area contributed by atoms with E-state index in [0.29, 0.717) is 5.69 Å². The molecule has 0 atom stereocenters. The van der Waals surface area contributed by atoms with Crippen LogP contribution < -0.4 is 5.32 Å². The summed E-state index contributed by atoms with van der Waals surface area (Å²) >= 11 is 12.4. The molecule has 0 saturated heterocycles. The van der Waals surface area contributed by atoms with Crippen molar-refractivity contribution < 1.29 is 0 Å². The molecular formula is C13H8Cl2N6. The molecule has 2 aromatic heterocycles. The number of hydrogen-bond donors (Lipinski definition) is 1. The van der Waals surface area contributed by atoms with Crippen LogP contribution in [0.3, 0.4) is 0 Å². The molecule has 0 fully saturated rings. The maximum absolute atomic E-state index is 9.33. The highest BCUT2D eigenvalue weighted by Gasteiger charge is 2.20. The Morgan fingerprint density at radius 2 is 1.95 bits per heavy atom. The minimum Gasteiger partial charge on any atom is -0.353 e. The van der Waals surface area contributed by atoms with Crippen LogP contribution in [0.25, 0.3) is 5.65 Å². The number of hydrogen-bond acceptors (Lipinski definition) is 5. The molecule has 21 heavy (non-hydrogen) atoms. The summed E-state index contributed by atoms with van der Waals surface area (Å²) in [4.78, 5) is 0. The van der Waals surface area contributed by atoms with E-state index in [1.54, 1.807) is 0 Å². The second kappa shape index (κ2) is 5.20. The number of aryl methyl sites for hydroxylation is 1. The van der Waals surface area contributed by atoms with Crippen LogP contribution in [0.2, 0.25) is 10.2 Å². The molecule has 0 saturated carbocycles. The zero-order chi connectivity index (χ0) is 15.0. The Labute approximate surface area is 129 Å². The molecule has 104 valence electrons. The van der Waals surface area contributed by atoms with E-state index in [-0.39, 0.29) is 21.4 Å². The van der Waals surface area contributed by atoms with Crippen molar-refractivity contribution in [3.63, 3.8) is 0 Å². The van der Waals surface area contributed by atoms with Gasteiger partial charge in [-0.2, -0.15) is 9.78 Å². The Morgan fingerprint density at radius 1 is 1.24 bits per heavy atom. The molecule has 2 heterocycles.